The number of carbonyl (C=O) groups is 2. The molecule has 0 bridgehead atoms. The van der Waals surface area contributed by atoms with Crippen molar-refractivity contribution in [2.75, 3.05) is 6.54 Å². The average Bonchev–Trinajstić information content (AvgIpc) is 2.48. The van der Waals surface area contributed by atoms with Gasteiger partial charge in [0.25, 0.3) is 0 Å². The van der Waals surface area contributed by atoms with E-state index in [1.54, 1.807) is 12.1 Å². The van der Waals surface area contributed by atoms with E-state index in [2.05, 4.69) is 5.32 Å². The third-order valence-electron chi connectivity index (χ3n) is 3.29. The zero-order valence-corrected chi connectivity index (χ0v) is 12.4. The number of phenolic OH excluding ortho intramolecular Hbond substituents is 1. The molecule has 0 saturated carbocycles. The summed E-state index contributed by atoms with van der Waals surface area (Å²) in [7, 11) is 0. The summed E-state index contributed by atoms with van der Waals surface area (Å²) < 4.78 is 0. The zero-order chi connectivity index (χ0) is 16.5. The molecular weight excluding hydrogens is 286 g/mol. The van der Waals surface area contributed by atoms with E-state index >= 15 is 0 Å². The molecule has 0 aliphatic rings. The number of phenols is 1. The summed E-state index contributed by atoms with van der Waals surface area (Å²) >= 11 is 0. The van der Waals surface area contributed by atoms with Crippen molar-refractivity contribution in [3.05, 3.63) is 29.8 Å². The van der Waals surface area contributed by atoms with Crippen molar-refractivity contribution in [2.45, 2.75) is 37.8 Å². The molecule has 0 unspecified atom stereocenters. The fourth-order valence-electron chi connectivity index (χ4n) is 2.01. The molecular formula is C15H23N3O4. The van der Waals surface area contributed by atoms with E-state index in [4.69, 9.17) is 16.6 Å². The number of rotatable bonds is 9. The highest BCUT2D eigenvalue weighted by Gasteiger charge is 2.22. The summed E-state index contributed by atoms with van der Waals surface area (Å²) in [6.45, 7) is 0.487. The van der Waals surface area contributed by atoms with Gasteiger partial charge in [0.1, 0.15) is 11.8 Å². The number of carboxylic acid groups (broad SMARTS) is 1. The number of benzene rings is 1. The predicted molar refractivity (Wildman–Crippen MR) is 82.3 cm³/mol. The Hall–Kier alpha value is -2.12. The van der Waals surface area contributed by atoms with E-state index in [0.29, 0.717) is 25.8 Å². The van der Waals surface area contributed by atoms with Crippen LogP contribution in [0.25, 0.3) is 0 Å². The summed E-state index contributed by atoms with van der Waals surface area (Å²) in [6.07, 6.45) is 1.92. The van der Waals surface area contributed by atoms with Crippen LogP contribution in [0.1, 0.15) is 24.8 Å². The SMILES string of the molecule is NCCCC[C@H](NC(=O)[C@H](N)Cc1ccc(O)cc1)C(=O)O. The first kappa shape index (κ1) is 17.9. The monoisotopic (exact) mass is 309 g/mol. The van der Waals surface area contributed by atoms with Gasteiger partial charge in [0.05, 0.1) is 6.04 Å². The summed E-state index contributed by atoms with van der Waals surface area (Å²) in [6, 6.07) is 4.54. The van der Waals surface area contributed by atoms with Crippen molar-refractivity contribution >= 4 is 11.9 Å². The Kier molecular flexibility index (Phi) is 7.34. The molecule has 0 fully saturated rings. The molecule has 7 nitrogen and oxygen atoms in total. The van der Waals surface area contributed by atoms with Gasteiger partial charge < -0.3 is 27.0 Å². The second-order valence-electron chi connectivity index (χ2n) is 5.16. The van der Waals surface area contributed by atoms with Crippen LogP contribution in [-0.4, -0.2) is 40.7 Å². The molecule has 0 saturated heterocycles. The van der Waals surface area contributed by atoms with E-state index in [1.807, 2.05) is 0 Å². The second kappa shape index (κ2) is 9.01. The van der Waals surface area contributed by atoms with E-state index in [0.717, 1.165) is 5.56 Å². The largest absolute Gasteiger partial charge is 0.508 e. The zero-order valence-electron chi connectivity index (χ0n) is 12.4. The van der Waals surface area contributed by atoms with E-state index in [1.165, 1.54) is 12.1 Å². The number of carboxylic acids is 1. The molecule has 2 atom stereocenters. The molecule has 1 aromatic carbocycles. The van der Waals surface area contributed by atoms with Crippen LogP contribution >= 0.6 is 0 Å². The highest BCUT2D eigenvalue weighted by molar-refractivity contribution is 5.86. The highest BCUT2D eigenvalue weighted by Crippen LogP contribution is 2.11. The van der Waals surface area contributed by atoms with Crippen LogP contribution in [0, 0.1) is 0 Å². The van der Waals surface area contributed by atoms with Crippen LogP contribution in [0.4, 0.5) is 0 Å². The van der Waals surface area contributed by atoms with Crippen molar-refractivity contribution in [3.8, 4) is 5.75 Å². The Morgan fingerprint density at radius 2 is 1.82 bits per heavy atom. The lowest BCUT2D eigenvalue weighted by atomic mass is 10.0. The van der Waals surface area contributed by atoms with E-state index in [9.17, 15) is 14.7 Å². The molecule has 0 aliphatic carbocycles. The number of nitrogens with one attached hydrogen (secondary N) is 1. The van der Waals surface area contributed by atoms with E-state index < -0.39 is 24.0 Å². The molecule has 0 radical (unpaired) electrons. The summed E-state index contributed by atoms with van der Waals surface area (Å²) in [5.41, 5.74) is 12.0. The van der Waals surface area contributed by atoms with Crippen molar-refractivity contribution in [2.24, 2.45) is 11.5 Å². The van der Waals surface area contributed by atoms with Gasteiger partial charge in [-0.15, -0.1) is 0 Å². The van der Waals surface area contributed by atoms with Crippen LogP contribution in [0.3, 0.4) is 0 Å². The van der Waals surface area contributed by atoms with Crippen LogP contribution in [0.2, 0.25) is 0 Å². The number of aromatic hydroxyl groups is 1. The van der Waals surface area contributed by atoms with Crippen LogP contribution in [0.15, 0.2) is 24.3 Å². The summed E-state index contributed by atoms with van der Waals surface area (Å²) in [4.78, 5) is 23.1. The molecule has 0 aliphatic heterocycles. The first-order chi connectivity index (χ1) is 10.4. The first-order valence-corrected chi connectivity index (χ1v) is 7.20. The Morgan fingerprint density at radius 1 is 1.18 bits per heavy atom. The minimum absolute atomic E-state index is 0.132. The maximum absolute atomic E-state index is 12.0. The van der Waals surface area contributed by atoms with E-state index in [-0.39, 0.29) is 12.2 Å². The molecule has 1 rings (SSSR count). The van der Waals surface area contributed by atoms with Gasteiger partial charge in [-0.1, -0.05) is 12.1 Å². The number of carbonyl (C=O) groups excluding carboxylic acids is 1. The maximum Gasteiger partial charge on any atom is 0.326 e. The van der Waals surface area contributed by atoms with Crippen molar-refractivity contribution in [1.82, 2.24) is 5.32 Å². The number of hydrogen-bond acceptors (Lipinski definition) is 5. The van der Waals surface area contributed by atoms with Gasteiger partial charge in [-0.3, -0.25) is 4.79 Å². The number of hydrogen-bond donors (Lipinski definition) is 5. The molecule has 0 spiro atoms. The Bertz CT molecular complexity index is 490. The van der Waals surface area contributed by atoms with Gasteiger partial charge in [0.2, 0.25) is 5.91 Å². The third-order valence-corrected chi connectivity index (χ3v) is 3.29. The minimum atomic E-state index is -1.08. The molecule has 1 aromatic rings. The molecule has 122 valence electrons. The normalized spacial score (nSPS) is 13.4. The standard InChI is InChI=1S/C15H23N3O4/c16-8-2-1-3-13(15(21)22)18-14(20)12(17)9-10-4-6-11(19)7-5-10/h4-7,12-13,19H,1-3,8-9,16-17H2,(H,18,20)(H,21,22)/t12-,13+/m1/s1. The Morgan fingerprint density at radius 3 is 2.36 bits per heavy atom. The average molecular weight is 309 g/mol. The predicted octanol–water partition coefficient (Wildman–Crippen LogP) is -0.0396. The molecule has 22 heavy (non-hydrogen) atoms. The summed E-state index contributed by atoms with van der Waals surface area (Å²) in [5.74, 6) is -1.46. The second-order valence-corrected chi connectivity index (χ2v) is 5.16. The fourth-order valence-corrected chi connectivity index (χ4v) is 2.01. The molecule has 0 heterocycles. The molecule has 7 N–H and O–H groups in total. The minimum Gasteiger partial charge on any atom is -0.508 e. The maximum atomic E-state index is 12.0. The first-order valence-electron chi connectivity index (χ1n) is 7.20. The smallest absolute Gasteiger partial charge is 0.326 e. The fraction of sp³-hybridized carbons (Fsp3) is 0.467. The van der Waals surface area contributed by atoms with Gasteiger partial charge in [-0.05, 0) is 49.9 Å². The van der Waals surface area contributed by atoms with Crippen LogP contribution in [-0.2, 0) is 16.0 Å². The number of nitrogens with two attached hydrogens (primary N) is 2. The van der Waals surface area contributed by atoms with Gasteiger partial charge >= 0.3 is 5.97 Å². The highest BCUT2D eigenvalue weighted by atomic mass is 16.4. The van der Waals surface area contributed by atoms with Crippen molar-refractivity contribution in [1.29, 1.82) is 0 Å². The van der Waals surface area contributed by atoms with Gasteiger partial charge in [-0.25, -0.2) is 4.79 Å². The Balaban J connectivity index is 2.53. The topological polar surface area (TPSA) is 139 Å². The van der Waals surface area contributed by atoms with Crippen LogP contribution < -0.4 is 16.8 Å². The lowest BCUT2D eigenvalue weighted by Crippen LogP contribution is -2.49. The van der Waals surface area contributed by atoms with Crippen molar-refractivity contribution in [3.63, 3.8) is 0 Å². The lowest BCUT2D eigenvalue weighted by Gasteiger charge is -2.18. The number of amides is 1. The number of unbranched alkanes of at least 4 members (excludes halogenated alkanes) is 1. The van der Waals surface area contributed by atoms with Gasteiger partial charge in [0.15, 0.2) is 0 Å². The van der Waals surface area contributed by atoms with Gasteiger partial charge in [-0.2, -0.15) is 0 Å². The summed E-state index contributed by atoms with van der Waals surface area (Å²) in [5, 5.41) is 20.8. The number of aliphatic carboxylic acids is 1. The Labute approximate surface area is 129 Å². The lowest BCUT2D eigenvalue weighted by molar-refractivity contribution is -0.142. The molecule has 1 amide bonds. The molecule has 0 aromatic heterocycles. The van der Waals surface area contributed by atoms with Gasteiger partial charge in [0, 0.05) is 0 Å². The quantitative estimate of drug-likeness (QED) is 0.406. The third kappa shape index (κ3) is 6.11. The molecule has 7 heteroatoms. The van der Waals surface area contributed by atoms with Crippen molar-refractivity contribution < 1.29 is 19.8 Å². The van der Waals surface area contributed by atoms with Crippen LogP contribution in [0.5, 0.6) is 5.75 Å².